The lowest BCUT2D eigenvalue weighted by Crippen LogP contribution is -2.37. The molecular formula is C24H25FN4O4S. The number of hydrogen-bond acceptors (Lipinski definition) is 8. The maximum absolute atomic E-state index is 14.3. The van der Waals surface area contributed by atoms with Gasteiger partial charge in [-0.15, -0.1) is 10.2 Å². The van der Waals surface area contributed by atoms with E-state index in [1.807, 2.05) is 13.8 Å². The van der Waals surface area contributed by atoms with Crippen LogP contribution in [0.5, 0.6) is 17.4 Å². The Kier molecular flexibility index (Phi) is 7.16. The average Bonchev–Trinajstić information content (AvgIpc) is 2.98. The quantitative estimate of drug-likeness (QED) is 0.432. The van der Waals surface area contributed by atoms with Crippen LogP contribution >= 0.6 is 11.8 Å². The Morgan fingerprint density at radius 2 is 1.97 bits per heavy atom. The van der Waals surface area contributed by atoms with E-state index in [2.05, 4.69) is 15.2 Å². The van der Waals surface area contributed by atoms with Gasteiger partial charge in [-0.3, -0.25) is 9.69 Å². The molecule has 0 radical (unpaired) electrons. The Morgan fingerprint density at radius 3 is 2.68 bits per heavy atom. The number of anilines is 1. The molecule has 0 bridgehead atoms. The van der Waals surface area contributed by atoms with Crippen LogP contribution in [-0.2, 0) is 4.79 Å². The highest BCUT2D eigenvalue weighted by Crippen LogP contribution is 2.45. The molecule has 0 fully saturated rings. The van der Waals surface area contributed by atoms with E-state index >= 15 is 0 Å². The van der Waals surface area contributed by atoms with Gasteiger partial charge in [0.25, 0.3) is 0 Å². The number of halogens is 1. The predicted octanol–water partition coefficient (Wildman–Crippen LogP) is 5.03. The smallest absolute Gasteiger partial charge is 0.247 e. The van der Waals surface area contributed by atoms with Gasteiger partial charge < -0.3 is 14.2 Å². The fraction of sp³-hybridized carbons (Fsp3) is 0.333. The molecule has 0 unspecified atom stereocenters. The SMILES string of the molecule is CCOc1ccc([C@@H]2Oc3nc(SCC)nnc3-c3cc(F)ccc3N2C(=O)CC)cc1OC. The third kappa shape index (κ3) is 4.50. The maximum Gasteiger partial charge on any atom is 0.247 e. The molecule has 1 aliphatic heterocycles. The van der Waals surface area contributed by atoms with Crippen molar-refractivity contribution in [1.82, 2.24) is 15.2 Å². The molecule has 3 aromatic rings. The Morgan fingerprint density at radius 1 is 1.15 bits per heavy atom. The monoisotopic (exact) mass is 484 g/mol. The second-order valence-electron chi connectivity index (χ2n) is 7.27. The molecule has 2 heterocycles. The number of aromatic nitrogens is 3. The summed E-state index contributed by atoms with van der Waals surface area (Å²) in [6, 6.07) is 9.50. The van der Waals surface area contributed by atoms with E-state index in [1.54, 1.807) is 38.3 Å². The molecule has 0 saturated heterocycles. The molecule has 0 saturated carbocycles. The first-order chi connectivity index (χ1) is 16.5. The summed E-state index contributed by atoms with van der Waals surface area (Å²) in [4.78, 5) is 19.3. The van der Waals surface area contributed by atoms with E-state index in [9.17, 15) is 9.18 Å². The Bertz CT molecular complexity index is 1210. The Balaban J connectivity index is 1.94. The zero-order valence-corrected chi connectivity index (χ0v) is 20.2. The van der Waals surface area contributed by atoms with Crippen molar-refractivity contribution in [2.75, 3.05) is 24.4 Å². The van der Waals surface area contributed by atoms with E-state index in [0.717, 1.165) is 5.75 Å². The molecule has 1 aliphatic rings. The summed E-state index contributed by atoms with van der Waals surface area (Å²) in [5.74, 6) is 1.30. The minimum atomic E-state index is -0.904. The van der Waals surface area contributed by atoms with Gasteiger partial charge in [-0.05, 0) is 49.1 Å². The first-order valence-corrected chi connectivity index (χ1v) is 12.0. The lowest BCUT2D eigenvalue weighted by molar-refractivity contribution is -0.120. The number of benzene rings is 2. The van der Waals surface area contributed by atoms with E-state index < -0.39 is 12.0 Å². The number of rotatable bonds is 7. The number of carbonyl (C=O) groups excluding carboxylic acids is 1. The lowest BCUT2D eigenvalue weighted by atomic mass is 10.1. The Hall–Kier alpha value is -3.40. The number of amides is 1. The topological polar surface area (TPSA) is 86.7 Å². The third-order valence-corrected chi connectivity index (χ3v) is 5.90. The summed E-state index contributed by atoms with van der Waals surface area (Å²) in [6.07, 6.45) is -0.698. The van der Waals surface area contributed by atoms with Gasteiger partial charge >= 0.3 is 0 Å². The van der Waals surface area contributed by atoms with Gasteiger partial charge in [0.15, 0.2) is 17.2 Å². The van der Waals surface area contributed by atoms with Gasteiger partial charge in [-0.2, -0.15) is 4.98 Å². The van der Waals surface area contributed by atoms with Crippen molar-refractivity contribution in [2.45, 2.75) is 38.6 Å². The van der Waals surface area contributed by atoms with Gasteiger partial charge in [-0.25, -0.2) is 4.39 Å². The van der Waals surface area contributed by atoms with Crippen LogP contribution in [0.15, 0.2) is 41.6 Å². The van der Waals surface area contributed by atoms with Gasteiger partial charge in [-0.1, -0.05) is 25.6 Å². The van der Waals surface area contributed by atoms with E-state index in [0.29, 0.717) is 40.1 Å². The van der Waals surface area contributed by atoms with Crippen LogP contribution in [0.2, 0.25) is 0 Å². The van der Waals surface area contributed by atoms with Crippen molar-refractivity contribution in [3.8, 4) is 28.6 Å². The molecule has 1 atom stereocenters. The predicted molar refractivity (Wildman–Crippen MR) is 127 cm³/mol. The van der Waals surface area contributed by atoms with Crippen molar-refractivity contribution in [1.29, 1.82) is 0 Å². The normalized spacial score (nSPS) is 14.5. The Labute approximate surface area is 201 Å². The minimum absolute atomic E-state index is 0.169. The third-order valence-electron chi connectivity index (χ3n) is 5.18. The number of thioether (sulfide) groups is 1. The van der Waals surface area contributed by atoms with Crippen LogP contribution < -0.4 is 19.1 Å². The zero-order valence-electron chi connectivity index (χ0n) is 19.4. The molecule has 2 aromatic carbocycles. The number of carbonyl (C=O) groups is 1. The van der Waals surface area contributed by atoms with Crippen molar-refractivity contribution < 1.29 is 23.4 Å². The van der Waals surface area contributed by atoms with Gasteiger partial charge in [0.1, 0.15) is 5.82 Å². The van der Waals surface area contributed by atoms with E-state index in [1.165, 1.54) is 28.8 Å². The number of methoxy groups -OCH3 is 1. The summed E-state index contributed by atoms with van der Waals surface area (Å²) in [5, 5.41) is 8.88. The largest absolute Gasteiger partial charge is 0.493 e. The molecule has 0 N–H and O–H groups in total. The van der Waals surface area contributed by atoms with Crippen molar-refractivity contribution in [3.05, 3.63) is 47.8 Å². The second-order valence-corrected chi connectivity index (χ2v) is 8.50. The number of ether oxygens (including phenoxy) is 3. The highest BCUT2D eigenvalue weighted by Gasteiger charge is 2.36. The number of hydrogen-bond donors (Lipinski definition) is 0. The van der Waals surface area contributed by atoms with Crippen LogP contribution in [0.1, 0.15) is 39.0 Å². The molecule has 8 nitrogen and oxygen atoms in total. The van der Waals surface area contributed by atoms with Crippen LogP contribution in [0, 0.1) is 5.82 Å². The highest BCUT2D eigenvalue weighted by atomic mass is 32.2. The average molecular weight is 485 g/mol. The maximum atomic E-state index is 14.3. The van der Waals surface area contributed by atoms with Crippen LogP contribution in [-0.4, -0.2) is 40.6 Å². The van der Waals surface area contributed by atoms with Crippen molar-refractivity contribution in [3.63, 3.8) is 0 Å². The van der Waals surface area contributed by atoms with E-state index in [4.69, 9.17) is 14.2 Å². The molecule has 1 aromatic heterocycles. The van der Waals surface area contributed by atoms with Crippen LogP contribution in [0.25, 0.3) is 11.3 Å². The summed E-state index contributed by atoms with van der Waals surface area (Å²) >= 11 is 1.41. The molecule has 10 heteroatoms. The van der Waals surface area contributed by atoms with Crippen molar-refractivity contribution in [2.24, 2.45) is 0 Å². The summed E-state index contributed by atoms with van der Waals surface area (Å²) in [6.45, 7) is 6.09. The molecule has 1 amide bonds. The van der Waals surface area contributed by atoms with Gasteiger partial charge in [0.2, 0.25) is 23.2 Å². The molecule has 0 aliphatic carbocycles. The van der Waals surface area contributed by atoms with Crippen molar-refractivity contribution >= 4 is 23.4 Å². The number of nitrogens with zero attached hydrogens (tertiary/aromatic N) is 4. The van der Waals surface area contributed by atoms with E-state index in [-0.39, 0.29) is 23.9 Å². The fourth-order valence-electron chi connectivity index (χ4n) is 3.70. The van der Waals surface area contributed by atoms with Crippen LogP contribution in [0.4, 0.5) is 10.1 Å². The minimum Gasteiger partial charge on any atom is -0.493 e. The molecule has 178 valence electrons. The lowest BCUT2D eigenvalue weighted by Gasteiger charge is -2.31. The van der Waals surface area contributed by atoms with Crippen LogP contribution in [0.3, 0.4) is 0 Å². The second kappa shape index (κ2) is 10.3. The highest BCUT2D eigenvalue weighted by molar-refractivity contribution is 7.99. The number of fused-ring (bicyclic) bond motifs is 3. The molecule has 0 spiro atoms. The van der Waals surface area contributed by atoms with Gasteiger partial charge in [0, 0.05) is 17.5 Å². The van der Waals surface area contributed by atoms with Gasteiger partial charge in [0.05, 0.1) is 19.4 Å². The first-order valence-electron chi connectivity index (χ1n) is 11.0. The zero-order chi connectivity index (χ0) is 24.2. The molecule has 34 heavy (non-hydrogen) atoms. The first kappa shape index (κ1) is 23.7. The fourth-order valence-corrected chi connectivity index (χ4v) is 4.20. The molecule has 4 rings (SSSR count). The molecular weight excluding hydrogens is 459 g/mol. The summed E-state index contributed by atoms with van der Waals surface area (Å²) in [7, 11) is 1.54. The summed E-state index contributed by atoms with van der Waals surface area (Å²) < 4.78 is 31.8. The summed E-state index contributed by atoms with van der Waals surface area (Å²) in [5.41, 5.74) is 1.74. The standard InChI is InChI=1S/C24H25FN4O4S/c1-5-20(30)29-17-10-9-15(25)13-16(17)21-22(26-24(28-27-21)34-7-3)33-23(29)14-8-11-18(32-6-2)19(12-14)31-4/h8-13,23H,5-7H2,1-4H3/t23-/m0/s1.